The van der Waals surface area contributed by atoms with Crippen LogP contribution in [0.1, 0.15) is 13.3 Å². The Hall–Kier alpha value is -1.43. The Bertz CT molecular complexity index is 641. The van der Waals surface area contributed by atoms with E-state index in [0.717, 1.165) is 0 Å². The molecule has 0 spiro atoms. The van der Waals surface area contributed by atoms with E-state index in [-0.39, 0.29) is 5.82 Å². The number of aromatic nitrogens is 2. The maximum absolute atomic E-state index is 13.6. The van der Waals surface area contributed by atoms with Crippen LogP contribution in [0.4, 0.5) is 19.0 Å². The molecule has 0 amide bonds. The van der Waals surface area contributed by atoms with E-state index >= 15 is 0 Å². The first-order valence-electron chi connectivity index (χ1n) is 6.30. The van der Waals surface area contributed by atoms with Gasteiger partial charge in [0.05, 0.1) is 28.5 Å². The smallest absolute Gasteiger partial charge is 0.267 e. The fourth-order valence-electron chi connectivity index (χ4n) is 2.71. The van der Waals surface area contributed by atoms with Gasteiger partial charge < -0.3 is 4.90 Å². The van der Waals surface area contributed by atoms with Crippen LogP contribution in [0.5, 0.6) is 0 Å². The molecule has 0 aliphatic carbocycles. The molecule has 1 N–H and O–H groups in total. The second-order valence-electron chi connectivity index (χ2n) is 5.14. The lowest BCUT2D eigenvalue weighted by Crippen LogP contribution is -2.36. The van der Waals surface area contributed by atoms with Gasteiger partial charge in [0.2, 0.25) is 0 Å². The Labute approximate surface area is 118 Å². The second kappa shape index (κ2) is 4.55. The number of H-pyrrole nitrogens is 1. The van der Waals surface area contributed by atoms with Gasteiger partial charge in [0, 0.05) is 6.42 Å². The maximum Gasteiger partial charge on any atom is 0.267 e. The maximum atomic E-state index is 13.6. The van der Waals surface area contributed by atoms with Crippen LogP contribution in [0, 0.1) is 0 Å². The summed E-state index contributed by atoms with van der Waals surface area (Å²) in [5.41, 5.74) is 0.646. The fraction of sp³-hybridized carbons (Fsp3) is 0.462. The highest BCUT2D eigenvalue weighted by Crippen LogP contribution is 2.40. The highest BCUT2D eigenvalue weighted by Gasteiger charge is 2.48. The Kier molecular flexibility index (Phi) is 3.08. The molecule has 2 aromatic rings. The summed E-state index contributed by atoms with van der Waals surface area (Å²) >= 11 is 6.11. The highest BCUT2D eigenvalue weighted by molar-refractivity contribution is 6.36. The van der Waals surface area contributed by atoms with Gasteiger partial charge in [-0.1, -0.05) is 17.7 Å². The third kappa shape index (κ3) is 2.12. The largest absolute Gasteiger partial charge is 0.342 e. The molecule has 108 valence electrons. The predicted molar refractivity (Wildman–Crippen MR) is 72.4 cm³/mol. The normalized spacial score (nSPS) is 23.4. The van der Waals surface area contributed by atoms with Crippen molar-refractivity contribution in [3.63, 3.8) is 0 Å². The summed E-state index contributed by atoms with van der Waals surface area (Å²) in [5, 5.41) is 7.76. The van der Waals surface area contributed by atoms with E-state index in [1.165, 1.54) is 11.8 Å². The third-order valence-electron chi connectivity index (χ3n) is 3.63. The first-order chi connectivity index (χ1) is 9.39. The number of halogens is 4. The summed E-state index contributed by atoms with van der Waals surface area (Å²) in [7, 11) is 0. The van der Waals surface area contributed by atoms with Crippen LogP contribution >= 0.6 is 11.6 Å². The van der Waals surface area contributed by atoms with Crippen LogP contribution in [0.15, 0.2) is 18.2 Å². The Balaban J connectivity index is 2.10. The van der Waals surface area contributed by atoms with Crippen LogP contribution in [-0.4, -0.2) is 34.9 Å². The summed E-state index contributed by atoms with van der Waals surface area (Å²) < 4.78 is 40.9. The molecule has 0 radical (unpaired) electrons. The van der Waals surface area contributed by atoms with Crippen molar-refractivity contribution in [2.24, 2.45) is 0 Å². The number of rotatable bonds is 2. The monoisotopic (exact) mass is 303 g/mol. The van der Waals surface area contributed by atoms with Crippen LogP contribution in [0.2, 0.25) is 5.02 Å². The minimum absolute atomic E-state index is 0.289. The molecule has 3 rings (SSSR count). The molecule has 1 aliphatic rings. The Morgan fingerprint density at radius 1 is 1.50 bits per heavy atom. The highest BCUT2D eigenvalue weighted by atomic mass is 35.5. The van der Waals surface area contributed by atoms with Crippen molar-refractivity contribution in [2.75, 3.05) is 11.4 Å². The number of anilines is 1. The zero-order chi connectivity index (χ0) is 14.5. The number of aromatic amines is 1. The SMILES string of the molecule is CC(F)[C@H]1CC(F)(F)CN1c1n[nH]c2cccc(Cl)c12. The topological polar surface area (TPSA) is 31.9 Å². The molecule has 1 fully saturated rings. The van der Waals surface area contributed by atoms with E-state index < -0.39 is 31.1 Å². The minimum Gasteiger partial charge on any atom is -0.342 e. The predicted octanol–water partition coefficient (Wildman–Crippen LogP) is 3.79. The molecule has 1 aromatic heterocycles. The van der Waals surface area contributed by atoms with Crippen molar-refractivity contribution in [1.29, 1.82) is 0 Å². The lowest BCUT2D eigenvalue weighted by molar-refractivity contribution is 0.0195. The van der Waals surface area contributed by atoms with Gasteiger partial charge in [-0.15, -0.1) is 0 Å². The Morgan fingerprint density at radius 3 is 2.95 bits per heavy atom. The average Bonchev–Trinajstić information content (AvgIpc) is 2.90. The number of fused-ring (bicyclic) bond motifs is 1. The van der Waals surface area contributed by atoms with Gasteiger partial charge in [0.25, 0.3) is 5.92 Å². The molecule has 0 bridgehead atoms. The molecule has 1 aromatic carbocycles. The zero-order valence-corrected chi connectivity index (χ0v) is 11.5. The molecule has 0 saturated carbocycles. The van der Waals surface area contributed by atoms with Crippen LogP contribution < -0.4 is 4.90 Å². The number of nitrogens with zero attached hydrogens (tertiary/aromatic N) is 2. The molecular formula is C13H13ClF3N3. The lowest BCUT2D eigenvalue weighted by atomic mass is 10.1. The number of alkyl halides is 3. The third-order valence-corrected chi connectivity index (χ3v) is 3.95. The average molecular weight is 304 g/mol. The number of nitrogens with one attached hydrogen (secondary N) is 1. The molecule has 1 unspecified atom stereocenters. The Morgan fingerprint density at radius 2 is 2.25 bits per heavy atom. The van der Waals surface area contributed by atoms with E-state index in [9.17, 15) is 13.2 Å². The van der Waals surface area contributed by atoms with E-state index in [1.54, 1.807) is 18.2 Å². The van der Waals surface area contributed by atoms with Crippen LogP contribution in [-0.2, 0) is 0 Å². The molecule has 1 saturated heterocycles. The molecular weight excluding hydrogens is 291 g/mol. The summed E-state index contributed by atoms with van der Waals surface area (Å²) in [6, 6.07) is 4.25. The molecule has 1 aliphatic heterocycles. The van der Waals surface area contributed by atoms with Crippen molar-refractivity contribution >= 4 is 28.3 Å². The van der Waals surface area contributed by atoms with Gasteiger partial charge in [-0.05, 0) is 19.1 Å². The van der Waals surface area contributed by atoms with Crippen molar-refractivity contribution < 1.29 is 13.2 Å². The molecule has 2 atom stereocenters. The zero-order valence-electron chi connectivity index (χ0n) is 10.7. The molecule has 20 heavy (non-hydrogen) atoms. The van der Waals surface area contributed by atoms with Gasteiger partial charge >= 0.3 is 0 Å². The van der Waals surface area contributed by atoms with Crippen molar-refractivity contribution in [1.82, 2.24) is 10.2 Å². The van der Waals surface area contributed by atoms with Gasteiger partial charge in [-0.25, -0.2) is 13.2 Å². The lowest BCUT2D eigenvalue weighted by Gasteiger charge is -2.25. The van der Waals surface area contributed by atoms with Crippen molar-refractivity contribution in [3.05, 3.63) is 23.2 Å². The van der Waals surface area contributed by atoms with Gasteiger partial charge in [-0.3, -0.25) is 5.10 Å². The standard InChI is InChI=1S/C13H13ClF3N3/c1-7(15)10-5-13(16,17)6-20(10)12-11-8(14)3-2-4-9(11)18-19-12/h2-4,7,10H,5-6H2,1H3,(H,18,19)/t7?,10-/m1/s1. The second-order valence-corrected chi connectivity index (χ2v) is 5.55. The van der Waals surface area contributed by atoms with Crippen LogP contribution in [0.3, 0.4) is 0 Å². The van der Waals surface area contributed by atoms with E-state index in [2.05, 4.69) is 10.2 Å². The molecule has 3 nitrogen and oxygen atoms in total. The van der Waals surface area contributed by atoms with E-state index in [0.29, 0.717) is 15.9 Å². The number of benzene rings is 1. The number of hydrogen-bond acceptors (Lipinski definition) is 2. The van der Waals surface area contributed by atoms with E-state index in [1.807, 2.05) is 0 Å². The minimum atomic E-state index is -2.92. The van der Waals surface area contributed by atoms with E-state index in [4.69, 9.17) is 11.6 Å². The summed E-state index contributed by atoms with van der Waals surface area (Å²) in [6.07, 6.45) is -1.89. The van der Waals surface area contributed by atoms with Crippen molar-refractivity contribution in [2.45, 2.75) is 31.5 Å². The summed E-state index contributed by atoms with van der Waals surface area (Å²) in [5.74, 6) is -2.63. The quantitative estimate of drug-likeness (QED) is 0.915. The van der Waals surface area contributed by atoms with Crippen molar-refractivity contribution in [3.8, 4) is 0 Å². The first-order valence-corrected chi connectivity index (χ1v) is 6.68. The molecule has 2 heterocycles. The van der Waals surface area contributed by atoms with Gasteiger partial charge in [0.15, 0.2) is 5.82 Å². The summed E-state index contributed by atoms with van der Waals surface area (Å²) in [4.78, 5) is 1.31. The van der Waals surface area contributed by atoms with Gasteiger partial charge in [-0.2, -0.15) is 5.10 Å². The first kappa shape index (κ1) is 13.5. The van der Waals surface area contributed by atoms with Gasteiger partial charge in [0.1, 0.15) is 6.17 Å². The van der Waals surface area contributed by atoms with Crippen LogP contribution in [0.25, 0.3) is 10.9 Å². The fourth-order valence-corrected chi connectivity index (χ4v) is 2.97. The molecule has 7 heteroatoms. The number of hydrogen-bond donors (Lipinski definition) is 1. The summed E-state index contributed by atoms with van der Waals surface area (Å²) in [6.45, 7) is 0.743.